The molecule has 1 aliphatic rings. The molecule has 0 saturated carbocycles. The smallest absolute Gasteiger partial charge is 0.223 e. The highest BCUT2D eigenvalue weighted by atomic mass is 16.2. The van der Waals surface area contributed by atoms with Gasteiger partial charge in [-0.25, -0.2) is 0 Å². The minimum atomic E-state index is 0.0571. The van der Waals surface area contributed by atoms with E-state index in [9.17, 15) is 4.79 Å². The Morgan fingerprint density at radius 3 is 3.08 bits per heavy atom. The van der Waals surface area contributed by atoms with Crippen molar-refractivity contribution in [3.63, 3.8) is 0 Å². The van der Waals surface area contributed by atoms with Gasteiger partial charge in [-0.15, -0.1) is 10.2 Å². The number of nitrogens with one attached hydrogen (secondary N) is 1. The maximum atomic E-state index is 13.0. The number of likely N-dealkylation sites (tertiary alicyclic amines) is 1. The van der Waals surface area contributed by atoms with Crippen molar-refractivity contribution in [1.29, 1.82) is 0 Å². The van der Waals surface area contributed by atoms with Crippen LogP contribution in [0, 0.1) is 0 Å². The lowest BCUT2D eigenvalue weighted by molar-refractivity contribution is -0.135. The molecule has 1 fully saturated rings. The summed E-state index contributed by atoms with van der Waals surface area (Å²) >= 11 is 0. The van der Waals surface area contributed by atoms with Crippen molar-refractivity contribution in [2.45, 2.75) is 51.6 Å². The number of hydrogen-bond donors (Lipinski definition) is 1. The number of piperidine rings is 1. The molecule has 1 saturated heterocycles. The third kappa shape index (κ3) is 3.11. The standard InChI is InChI=1S/C20H25N5O/c1-2-24-14-22-23-20(24)18-9-5-6-12-25(18)19(26)11-10-15-13-21-17-8-4-3-7-16(15)17/h3-4,7-8,13-14,18,21H,2,5-6,9-12H2,1H3/t18-/m1/s1. The Kier molecular flexibility index (Phi) is 4.73. The molecule has 1 N–H and O–H groups in total. The molecular formula is C20H25N5O. The normalized spacial score (nSPS) is 17.7. The molecule has 3 heterocycles. The van der Waals surface area contributed by atoms with Crippen LogP contribution in [0.4, 0.5) is 0 Å². The zero-order valence-corrected chi connectivity index (χ0v) is 15.2. The van der Waals surface area contributed by atoms with Crippen LogP contribution < -0.4 is 0 Å². The molecule has 0 spiro atoms. The Bertz CT molecular complexity index is 896. The molecule has 1 aromatic carbocycles. The number of carbonyl (C=O) groups is 1. The third-order valence-corrected chi connectivity index (χ3v) is 5.39. The molecular weight excluding hydrogens is 326 g/mol. The summed E-state index contributed by atoms with van der Waals surface area (Å²) in [5, 5.41) is 9.57. The number of hydrogen-bond acceptors (Lipinski definition) is 3. The van der Waals surface area contributed by atoms with Crippen molar-refractivity contribution in [1.82, 2.24) is 24.6 Å². The van der Waals surface area contributed by atoms with E-state index in [1.165, 1.54) is 10.9 Å². The van der Waals surface area contributed by atoms with Gasteiger partial charge < -0.3 is 14.5 Å². The molecule has 6 heteroatoms. The van der Waals surface area contributed by atoms with Gasteiger partial charge in [-0.2, -0.15) is 0 Å². The number of fused-ring (bicyclic) bond motifs is 1. The molecule has 26 heavy (non-hydrogen) atoms. The molecule has 6 nitrogen and oxygen atoms in total. The Morgan fingerprint density at radius 2 is 2.19 bits per heavy atom. The summed E-state index contributed by atoms with van der Waals surface area (Å²) < 4.78 is 2.05. The van der Waals surface area contributed by atoms with Crippen LogP contribution in [0.25, 0.3) is 10.9 Å². The second-order valence-corrected chi connectivity index (χ2v) is 6.93. The van der Waals surface area contributed by atoms with Gasteiger partial charge >= 0.3 is 0 Å². The van der Waals surface area contributed by atoms with Gasteiger partial charge in [0.1, 0.15) is 6.33 Å². The van der Waals surface area contributed by atoms with Crippen LogP contribution in [0.5, 0.6) is 0 Å². The topological polar surface area (TPSA) is 66.8 Å². The van der Waals surface area contributed by atoms with Crippen LogP contribution >= 0.6 is 0 Å². The molecule has 0 bridgehead atoms. The Balaban J connectivity index is 1.49. The first-order chi connectivity index (χ1) is 12.8. The molecule has 1 atom stereocenters. The fourth-order valence-corrected chi connectivity index (χ4v) is 3.99. The number of carbonyl (C=O) groups excluding carboxylic acids is 1. The van der Waals surface area contributed by atoms with Crippen LogP contribution in [0.3, 0.4) is 0 Å². The van der Waals surface area contributed by atoms with E-state index in [4.69, 9.17) is 0 Å². The van der Waals surface area contributed by atoms with Crippen LogP contribution in [0.1, 0.15) is 50.0 Å². The van der Waals surface area contributed by atoms with E-state index in [2.05, 4.69) is 38.8 Å². The quantitative estimate of drug-likeness (QED) is 0.765. The fraction of sp³-hybridized carbons (Fsp3) is 0.450. The van der Waals surface area contributed by atoms with E-state index in [0.29, 0.717) is 6.42 Å². The maximum Gasteiger partial charge on any atom is 0.223 e. The van der Waals surface area contributed by atoms with Crippen LogP contribution in [-0.4, -0.2) is 37.1 Å². The summed E-state index contributed by atoms with van der Waals surface area (Å²) in [5.41, 5.74) is 2.33. The van der Waals surface area contributed by atoms with Crippen molar-refractivity contribution >= 4 is 16.8 Å². The number of para-hydroxylation sites is 1. The van der Waals surface area contributed by atoms with Crippen molar-refractivity contribution in [3.05, 3.63) is 48.2 Å². The first-order valence-electron chi connectivity index (χ1n) is 9.50. The largest absolute Gasteiger partial charge is 0.361 e. The van der Waals surface area contributed by atoms with Crippen molar-refractivity contribution < 1.29 is 4.79 Å². The van der Waals surface area contributed by atoms with E-state index in [0.717, 1.165) is 50.1 Å². The lowest BCUT2D eigenvalue weighted by Gasteiger charge is -2.35. The Labute approximate surface area is 153 Å². The van der Waals surface area contributed by atoms with Gasteiger partial charge in [-0.3, -0.25) is 4.79 Å². The summed E-state index contributed by atoms with van der Waals surface area (Å²) in [5.74, 6) is 1.14. The van der Waals surface area contributed by atoms with E-state index in [1.807, 2.05) is 23.2 Å². The third-order valence-electron chi connectivity index (χ3n) is 5.39. The summed E-state index contributed by atoms with van der Waals surface area (Å²) in [6.45, 7) is 3.73. The van der Waals surface area contributed by atoms with Gasteiger partial charge in [0.2, 0.25) is 5.91 Å². The van der Waals surface area contributed by atoms with Gasteiger partial charge in [0, 0.05) is 36.6 Å². The second-order valence-electron chi connectivity index (χ2n) is 6.93. The maximum absolute atomic E-state index is 13.0. The number of aromatic nitrogens is 4. The highest BCUT2D eigenvalue weighted by Crippen LogP contribution is 2.30. The fourth-order valence-electron chi connectivity index (χ4n) is 3.99. The summed E-state index contributed by atoms with van der Waals surface area (Å²) in [6.07, 6.45) is 8.24. The molecule has 4 rings (SSSR count). The number of H-pyrrole nitrogens is 1. The zero-order chi connectivity index (χ0) is 17.9. The average Bonchev–Trinajstić information content (AvgIpc) is 3.33. The van der Waals surface area contributed by atoms with E-state index in [-0.39, 0.29) is 11.9 Å². The Hall–Kier alpha value is -2.63. The molecule has 0 aliphatic carbocycles. The predicted octanol–water partition coefficient (Wildman–Crippen LogP) is 3.47. The lowest BCUT2D eigenvalue weighted by atomic mass is 10.00. The van der Waals surface area contributed by atoms with Crippen LogP contribution in [0.15, 0.2) is 36.8 Å². The minimum Gasteiger partial charge on any atom is -0.361 e. The molecule has 3 aromatic rings. The highest BCUT2D eigenvalue weighted by Gasteiger charge is 2.30. The van der Waals surface area contributed by atoms with Crippen LogP contribution in [-0.2, 0) is 17.8 Å². The van der Waals surface area contributed by atoms with Gasteiger partial charge in [0.05, 0.1) is 6.04 Å². The number of aryl methyl sites for hydroxylation is 2. The van der Waals surface area contributed by atoms with Crippen molar-refractivity contribution in [2.75, 3.05) is 6.54 Å². The second kappa shape index (κ2) is 7.32. The highest BCUT2D eigenvalue weighted by molar-refractivity contribution is 5.84. The summed E-state index contributed by atoms with van der Waals surface area (Å²) in [4.78, 5) is 18.3. The number of nitrogens with zero attached hydrogens (tertiary/aromatic N) is 4. The van der Waals surface area contributed by atoms with Gasteiger partial charge in [0.15, 0.2) is 5.82 Å². The molecule has 0 radical (unpaired) electrons. The van der Waals surface area contributed by atoms with Crippen molar-refractivity contribution in [3.8, 4) is 0 Å². The molecule has 136 valence electrons. The first-order valence-corrected chi connectivity index (χ1v) is 9.50. The van der Waals surface area contributed by atoms with Crippen molar-refractivity contribution in [2.24, 2.45) is 0 Å². The SMILES string of the molecule is CCn1cnnc1[C@H]1CCCCN1C(=O)CCc1c[nH]c2ccccc12. The lowest BCUT2D eigenvalue weighted by Crippen LogP contribution is -2.39. The average molecular weight is 351 g/mol. The first kappa shape index (κ1) is 16.8. The number of aromatic amines is 1. The summed E-state index contributed by atoms with van der Waals surface area (Å²) in [7, 11) is 0. The minimum absolute atomic E-state index is 0.0571. The monoisotopic (exact) mass is 351 g/mol. The Morgan fingerprint density at radius 1 is 1.31 bits per heavy atom. The number of amides is 1. The zero-order valence-electron chi connectivity index (χ0n) is 15.2. The van der Waals surface area contributed by atoms with Gasteiger partial charge in [0.25, 0.3) is 0 Å². The van der Waals surface area contributed by atoms with E-state index in [1.54, 1.807) is 6.33 Å². The molecule has 1 amide bonds. The predicted molar refractivity (Wildman–Crippen MR) is 101 cm³/mol. The van der Waals surface area contributed by atoms with Gasteiger partial charge in [-0.1, -0.05) is 18.2 Å². The number of benzene rings is 1. The molecule has 2 aromatic heterocycles. The van der Waals surface area contributed by atoms with Crippen LogP contribution in [0.2, 0.25) is 0 Å². The molecule has 0 unspecified atom stereocenters. The van der Waals surface area contributed by atoms with Gasteiger partial charge in [-0.05, 0) is 44.2 Å². The van der Waals surface area contributed by atoms with E-state index >= 15 is 0 Å². The molecule has 1 aliphatic heterocycles. The van der Waals surface area contributed by atoms with E-state index < -0.39 is 0 Å². The number of rotatable bonds is 5. The summed E-state index contributed by atoms with van der Waals surface area (Å²) in [6, 6.07) is 8.30.